The standard InChI is InChI=1S/C11H13BrF2N2O/c1-2-3-9(15)11(17)16-10-7(13)4-6(12)5-8(10)14/h4-5,9H,2-3,15H2,1H3,(H,16,17). The molecule has 17 heavy (non-hydrogen) atoms. The summed E-state index contributed by atoms with van der Waals surface area (Å²) in [5, 5.41) is 2.16. The Morgan fingerprint density at radius 1 is 1.47 bits per heavy atom. The summed E-state index contributed by atoms with van der Waals surface area (Å²) in [6, 6.07) is 1.39. The number of carbonyl (C=O) groups excluding carboxylic acids is 1. The fraction of sp³-hybridized carbons (Fsp3) is 0.364. The van der Waals surface area contributed by atoms with E-state index in [9.17, 15) is 13.6 Å². The van der Waals surface area contributed by atoms with E-state index in [1.165, 1.54) is 0 Å². The number of rotatable bonds is 4. The van der Waals surface area contributed by atoms with Gasteiger partial charge >= 0.3 is 0 Å². The summed E-state index contributed by atoms with van der Waals surface area (Å²) in [5.41, 5.74) is 5.07. The van der Waals surface area contributed by atoms with Crippen molar-refractivity contribution in [2.45, 2.75) is 25.8 Å². The van der Waals surface area contributed by atoms with E-state index < -0.39 is 29.3 Å². The minimum absolute atomic E-state index is 0.267. The molecular weight excluding hydrogens is 294 g/mol. The molecule has 3 nitrogen and oxygen atoms in total. The summed E-state index contributed by atoms with van der Waals surface area (Å²) < 4.78 is 27.1. The molecule has 3 N–H and O–H groups in total. The lowest BCUT2D eigenvalue weighted by Gasteiger charge is -2.12. The van der Waals surface area contributed by atoms with Gasteiger partial charge < -0.3 is 11.1 Å². The molecule has 94 valence electrons. The zero-order valence-corrected chi connectivity index (χ0v) is 10.9. The molecule has 0 radical (unpaired) electrons. The number of nitrogens with one attached hydrogen (secondary N) is 1. The first-order valence-electron chi connectivity index (χ1n) is 5.16. The Kier molecular flexibility index (Phi) is 5.02. The van der Waals surface area contributed by atoms with Gasteiger partial charge in [-0.3, -0.25) is 4.79 Å². The predicted octanol–water partition coefficient (Wildman–Crippen LogP) is 2.79. The third-order valence-electron chi connectivity index (χ3n) is 2.19. The first-order chi connectivity index (χ1) is 7.95. The smallest absolute Gasteiger partial charge is 0.241 e. The molecule has 1 aromatic carbocycles. The summed E-state index contributed by atoms with van der Waals surface area (Å²) >= 11 is 2.95. The van der Waals surface area contributed by atoms with Crippen molar-refractivity contribution in [2.75, 3.05) is 5.32 Å². The third kappa shape index (κ3) is 3.74. The first-order valence-corrected chi connectivity index (χ1v) is 5.96. The van der Waals surface area contributed by atoms with Gasteiger partial charge in [0.1, 0.15) is 5.69 Å². The monoisotopic (exact) mass is 306 g/mol. The number of halogens is 3. The predicted molar refractivity (Wildman–Crippen MR) is 65.6 cm³/mol. The zero-order chi connectivity index (χ0) is 13.0. The number of anilines is 1. The van der Waals surface area contributed by atoms with Crippen LogP contribution in [0.3, 0.4) is 0 Å². The SMILES string of the molecule is CCCC(N)C(=O)Nc1c(F)cc(Br)cc1F. The van der Waals surface area contributed by atoms with Crippen LogP contribution in [0.5, 0.6) is 0 Å². The molecule has 0 spiro atoms. The van der Waals surface area contributed by atoms with Crippen molar-refractivity contribution in [3.8, 4) is 0 Å². The molecule has 0 aliphatic rings. The topological polar surface area (TPSA) is 55.1 Å². The minimum Gasteiger partial charge on any atom is -0.320 e. The normalized spacial score (nSPS) is 12.3. The van der Waals surface area contributed by atoms with Crippen LogP contribution < -0.4 is 11.1 Å². The molecule has 0 saturated heterocycles. The maximum absolute atomic E-state index is 13.4. The van der Waals surface area contributed by atoms with E-state index in [0.29, 0.717) is 6.42 Å². The van der Waals surface area contributed by atoms with Crippen LogP contribution in [0.15, 0.2) is 16.6 Å². The van der Waals surface area contributed by atoms with E-state index in [2.05, 4.69) is 21.2 Å². The van der Waals surface area contributed by atoms with Gasteiger partial charge in [0.05, 0.1) is 6.04 Å². The Labute approximate surface area is 107 Å². The Balaban J connectivity index is 2.85. The number of hydrogen-bond donors (Lipinski definition) is 2. The molecule has 0 aliphatic heterocycles. The van der Waals surface area contributed by atoms with Gasteiger partial charge in [0.2, 0.25) is 5.91 Å². The Morgan fingerprint density at radius 2 is 2.00 bits per heavy atom. The number of nitrogens with two attached hydrogens (primary N) is 1. The van der Waals surface area contributed by atoms with Crippen molar-refractivity contribution in [1.29, 1.82) is 0 Å². The van der Waals surface area contributed by atoms with Crippen LogP contribution >= 0.6 is 15.9 Å². The van der Waals surface area contributed by atoms with Crippen molar-refractivity contribution < 1.29 is 13.6 Å². The van der Waals surface area contributed by atoms with Crippen molar-refractivity contribution >= 4 is 27.5 Å². The van der Waals surface area contributed by atoms with Gasteiger partial charge in [-0.15, -0.1) is 0 Å². The number of hydrogen-bond acceptors (Lipinski definition) is 2. The molecule has 1 atom stereocenters. The second-order valence-corrected chi connectivity index (χ2v) is 4.54. The average molecular weight is 307 g/mol. The van der Waals surface area contributed by atoms with Crippen molar-refractivity contribution in [3.05, 3.63) is 28.2 Å². The minimum atomic E-state index is -0.839. The molecule has 1 aromatic rings. The summed E-state index contributed by atoms with van der Waals surface area (Å²) in [6.45, 7) is 1.87. The molecule has 0 fully saturated rings. The van der Waals surface area contributed by atoms with Crippen molar-refractivity contribution in [2.24, 2.45) is 5.73 Å². The largest absolute Gasteiger partial charge is 0.320 e. The Morgan fingerprint density at radius 3 is 2.47 bits per heavy atom. The van der Waals surface area contributed by atoms with E-state index in [-0.39, 0.29) is 4.47 Å². The van der Waals surface area contributed by atoms with Crippen LogP contribution in [0, 0.1) is 11.6 Å². The molecule has 1 rings (SSSR count). The molecule has 0 heterocycles. The van der Waals surface area contributed by atoms with Crippen LogP contribution in [0.4, 0.5) is 14.5 Å². The van der Waals surface area contributed by atoms with Crippen molar-refractivity contribution in [1.82, 2.24) is 0 Å². The second kappa shape index (κ2) is 6.07. The fourth-order valence-corrected chi connectivity index (χ4v) is 1.72. The van der Waals surface area contributed by atoms with Gasteiger partial charge in [0, 0.05) is 4.47 Å². The van der Waals surface area contributed by atoms with Gasteiger partial charge in [0.25, 0.3) is 0 Å². The zero-order valence-electron chi connectivity index (χ0n) is 9.27. The molecule has 1 unspecified atom stereocenters. The Bertz CT molecular complexity index is 403. The van der Waals surface area contributed by atoms with E-state index in [4.69, 9.17) is 5.73 Å². The van der Waals surface area contributed by atoms with Gasteiger partial charge in [-0.1, -0.05) is 29.3 Å². The van der Waals surface area contributed by atoms with Gasteiger partial charge in [-0.05, 0) is 18.6 Å². The molecule has 0 aromatic heterocycles. The number of amides is 1. The lowest BCUT2D eigenvalue weighted by atomic mass is 10.1. The van der Waals surface area contributed by atoms with Gasteiger partial charge in [-0.2, -0.15) is 0 Å². The van der Waals surface area contributed by atoms with Crippen LogP contribution in [0.2, 0.25) is 0 Å². The summed E-state index contributed by atoms with van der Waals surface area (Å²) in [6.07, 6.45) is 1.19. The molecule has 0 bridgehead atoms. The van der Waals surface area contributed by atoms with Crippen molar-refractivity contribution in [3.63, 3.8) is 0 Å². The quantitative estimate of drug-likeness (QED) is 0.898. The highest BCUT2D eigenvalue weighted by molar-refractivity contribution is 9.10. The van der Waals surface area contributed by atoms with Crippen LogP contribution in [-0.2, 0) is 4.79 Å². The first kappa shape index (κ1) is 14.1. The molecular formula is C11H13BrF2N2O. The van der Waals surface area contributed by atoms with E-state index >= 15 is 0 Å². The number of benzene rings is 1. The average Bonchev–Trinajstić information content (AvgIpc) is 2.23. The lowest BCUT2D eigenvalue weighted by Crippen LogP contribution is -2.35. The van der Waals surface area contributed by atoms with E-state index in [1.54, 1.807) is 0 Å². The maximum atomic E-state index is 13.4. The number of carbonyl (C=O) groups is 1. The van der Waals surface area contributed by atoms with Crippen LogP contribution in [-0.4, -0.2) is 11.9 Å². The molecule has 1 amide bonds. The maximum Gasteiger partial charge on any atom is 0.241 e. The molecule has 6 heteroatoms. The van der Waals surface area contributed by atoms with Gasteiger partial charge in [-0.25, -0.2) is 8.78 Å². The highest BCUT2D eigenvalue weighted by Crippen LogP contribution is 2.23. The third-order valence-corrected chi connectivity index (χ3v) is 2.65. The highest BCUT2D eigenvalue weighted by atomic mass is 79.9. The van der Waals surface area contributed by atoms with E-state index in [1.807, 2.05) is 6.92 Å². The summed E-state index contributed by atoms with van der Waals surface area (Å²) in [4.78, 5) is 11.5. The second-order valence-electron chi connectivity index (χ2n) is 3.63. The summed E-state index contributed by atoms with van der Waals surface area (Å²) in [5.74, 6) is -2.27. The fourth-order valence-electron chi connectivity index (χ4n) is 1.32. The molecule has 0 aliphatic carbocycles. The van der Waals surface area contributed by atoms with E-state index in [0.717, 1.165) is 18.6 Å². The van der Waals surface area contributed by atoms with Crippen LogP contribution in [0.25, 0.3) is 0 Å². The summed E-state index contributed by atoms with van der Waals surface area (Å²) in [7, 11) is 0. The molecule has 0 saturated carbocycles. The van der Waals surface area contributed by atoms with Gasteiger partial charge in [0.15, 0.2) is 11.6 Å². The lowest BCUT2D eigenvalue weighted by molar-refractivity contribution is -0.117. The van der Waals surface area contributed by atoms with Crippen LogP contribution in [0.1, 0.15) is 19.8 Å². The Hall–Kier alpha value is -1.01. The highest BCUT2D eigenvalue weighted by Gasteiger charge is 2.17.